The summed E-state index contributed by atoms with van der Waals surface area (Å²) >= 11 is 0. The molecule has 0 atom stereocenters. The van der Waals surface area contributed by atoms with Crippen LogP contribution in [-0.2, 0) is 9.53 Å². The van der Waals surface area contributed by atoms with Crippen LogP contribution in [-0.4, -0.2) is 54.5 Å². The molecule has 25 heavy (non-hydrogen) atoms. The highest BCUT2D eigenvalue weighted by molar-refractivity contribution is 5.93. The van der Waals surface area contributed by atoms with Crippen molar-refractivity contribution < 1.29 is 14.3 Å². The Morgan fingerprint density at radius 3 is 2.72 bits per heavy atom. The molecule has 0 aliphatic carbocycles. The van der Waals surface area contributed by atoms with Crippen molar-refractivity contribution in [2.24, 2.45) is 5.92 Å². The molecule has 134 valence electrons. The van der Waals surface area contributed by atoms with Crippen LogP contribution in [0.3, 0.4) is 0 Å². The van der Waals surface area contributed by atoms with E-state index in [1.165, 1.54) is 5.57 Å². The molecule has 2 aliphatic rings. The van der Waals surface area contributed by atoms with Gasteiger partial charge in [-0.15, -0.1) is 0 Å². The van der Waals surface area contributed by atoms with Gasteiger partial charge in [0.05, 0.1) is 18.8 Å². The van der Waals surface area contributed by atoms with Gasteiger partial charge in [-0.1, -0.05) is 5.57 Å². The fraction of sp³-hybridized carbons (Fsp3) is 0.526. The van der Waals surface area contributed by atoms with Crippen LogP contribution in [0.5, 0.6) is 0 Å². The molecule has 2 fully saturated rings. The minimum Gasteiger partial charge on any atom is -0.381 e. The second-order valence-electron chi connectivity index (χ2n) is 6.64. The summed E-state index contributed by atoms with van der Waals surface area (Å²) in [6.07, 6.45) is 8.53. The lowest BCUT2D eigenvalue weighted by atomic mass is 9.96. The Labute approximate surface area is 148 Å². The van der Waals surface area contributed by atoms with Gasteiger partial charge in [-0.05, 0) is 43.7 Å². The normalized spacial score (nSPS) is 18.7. The van der Waals surface area contributed by atoms with E-state index >= 15 is 0 Å². The molecular formula is C19H25N3O3. The van der Waals surface area contributed by atoms with E-state index in [4.69, 9.17) is 4.74 Å². The van der Waals surface area contributed by atoms with Gasteiger partial charge in [-0.3, -0.25) is 14.6 Å². The van der Waals surface area contributed by atoms with E-state index in [0.29, 0.717) is 31.2 Å². The zero-order valence-electron chi connectivity index (χ0n) is 14.4. The van der Waals surface area contributed by atoms with Crippen molar-refractivity contribution in [1.82, 2.24) is 15.2 Å². The Morgan fingerprint density at radius 2 is 2.04 bits per heavy atom. The zero-order chi connectivity index (χ0) is 17.5. The lowest BCUT2D eigenvalue weighted by Crippen LogP contribution is -2.41. The maximum absolute atomic E-state index is 12.4. The second-order valence-corrected chi connectivity index (χ2v) is 6.64. The zero-order valence-corrected chi connectivity index (χ0v) is 14.4. The summed E-state index contributed by atoms with van der Waals surface area (Å²) in [6.45, 7) is 3.55. The molecule has 2 saturated heterocycles. The van der Waals surface area contributed by atoms with Gasteiger partial charge in [0.25, 0.3) is 5.91 Å². The van der Waals surface area contributed by atoms with Crippen molar-refractivity contribution in [3.63, 3.8) is 0 Å². The number of carbonyl (C=O) groups excluding carboxylic acids is 2. The smallest absolute Gasteiger partial charge is 0.255 e. The van der Waals surface area contributed by atoms with Crippen molar-refractivity contribution in [3.8, 4) is 0 Å². The topological polar surface area (TPSA) is 71.5 Å². The summed E-state index contributed by atoms with van der Waals surface area (Å²) < 4.78 is 5.29. The SMILES string of the molecule is O=C(C=C1CCOCC1)NCC1CCN(C(=O)c2cccnc2)CC1. The van der Waals surface area contributed by atoms with E-state index in [1.807, 2.05) is 4.90 Å². The highest BCUT2D eigenvalue weighted by atomic mass is 16.5. The maximum Gasteiger partial charge on any atom is 0.255 e. The molecule has 0 bridgehead atoms. The third-order valence-electron chi connectivity index (χ3n) is 4.85. The number of nitrogens with one attached hydrogen (secondary N) is 1. The molecule has 6 heteroatoms. The van der Waals surface area contributed by atoms with E-state index in [1.54, 1.807) is 30.6 Å². The van der Waals surface area contributed by atoms with Gasteiger partial charge in [0, 0.05) is 38.1 Å². The Bertz CT molecular complexity index is 614. The van der Waals surface area contributed by atoms with Gasteiger partial charge >= 0.3 is 0 Å². The average molecular weight is 343 g/mol. The van der Waals surface area contributed by atoms with Crippen LogP contribution < -0.4 is 5.32 Å². The van der Waals surface area contributed by atoms with Crippen molar-refractivity contribution in [1.29, 1.82) is 0 Å². The Balaban J connectivity index is 1.40. The molecule has 0 unspecified atom stereocenters. The molecule has 3 heterocycles. The number of hydrogen-bond donors (Lipinski definition) is 1. The number of carbonyl (C=O) groups is 2. The first kappa shape index (κ1) is 17.6. The standard InChI is InChI=1S/C19H25N3O3/c23-18(12-15-5-10-25-11-6-15)21-13-16-3-8-22(9-4-16)19(24)17-2-1-7-20-14-17/h1-2,7,12,14,16H,3-6,8-11,13H2,(H,21,23). The summed E-state index contributed by atoms with van der Waals surface area (Å²) in [5.41, 5.74) is 1.80. The number of rotatable bonds is 4. The number of amides is 2. The van der Waals surface area contributed by atoms with E-state index in [0.717, 1.165) is 38.8 Å². The minimum atomic E-state index is -0.00855. The number of likely N-dealkylation sites (tertiary alicyclic amines) is 1. The monoisotopic (exact) mass is 343 g/mol. The molecule has 0 spiro atoms. The largest absolute Gasteiger partial charge is 0.381 e. The highest BCUT2D eigenvalue weighted by Crippen LogP contribution is 2.18. The van der Waals surface area contributed by atoms with Gasteiger partial charge < -0.3 is 15.0 Å². The molecule has 1 N–H and O–H groups in total. The van der Waals surface area contributed by atoms with E-state index in [9.17, 15) is 9.59 Å². The van der Waals surface area contributed by atoms with E-state index in [2.05, 4.69) is 10.3 Å². The molecule has 3 rings (SSSR count). The quantitative estimate of drug-likeness (QED) is 0.846. The van der Waals surface area contributed by atoms with Crippen molar-refractivity contribution >= 4 is 11.8 Å². The molecule has 2 amide bonds. The Morgan fingerprint density at radius 1 is 1.28 bits per heavy atom. The number of piperidine rings is 1. The van der Waals surface area contributed by atoms with Gasteiger partial charge in [0.15, 0.2) is 0 Å². The molecule has 6 nitrogen and oxygen atoms in total. The molecule has 1 aromatic heterocycles. The Kier molecular flexibility index (Phi) is 6.17. The van der Waals surface area contributed by atoms with Crippen LogP contribution >= 0.6 is 0 Å². The fourth-order valence-corrected chi connectivity index (χ4v) is 3.27. The minimum absolute atomic E-state index is 0.00855. The number of aromatic nitrogens is 1. The van der Waals surface area contributed by atoms with Crippen LogP contribution in [0.15, 0.2) is 36.2 Å². The van der Waals surface area contributed by atoms with Crippen molar-refractivity contribution in [2.75, 3.05) is 32.8 Å². The van der Waals surface area contributed by atoms with E-state index < -0.39 is 0 Å². The predicted octanol–water partition coefficient (Wildman–Crippen LogP) is 1.79. The first-order chi connectivity index (χ1) is 12.2. The first-order valence-electron chi connectivity index (χ1n) is 8.96. The van der Waals surface area contributed by atoms with Gasteiger partial charge in [-0.2, -0.15) is 0 Å². The summed E-state index contributed by atoms with van der Waals surface area (Å²) in [6, 6.07) is 3.58. The molecule has 0 saturated carbocycles. The van der Waals surface area contributed by atoms with E-state index in [-0.39, 0.29) is 11.8 Å². The first-order valence-corrected chi connectivity index (χ1v) is 8.96. The van der Waals surface area contributed by atoms with Crippen molar-refractivity contribution in [3.05, 3.63) is 41.7 Å². The third-order valence-corrected chi connectivity index (χ3v) is 4.85. The molecule has 0 aromatic carbocycles. The lowest BCUT2D eigenvalue weighted by molar-refractivity contribution is -0.116. The van der Waals surface area contributed by atoms with Crippen LogP contribution in [0, 0.1) is 5.92 Å². The third kappa shape index (κ3) is 5.13. The van der Waals surface area contributed by atoms with Crippen LogP contribution in [0.2, 0.25) is 0 Å². The molecule has 0 radical (unpaired) electrons. The lowest BCUT2D eigenvalue weighted by Gasteiger charge is -2.32. The Hall–Kier alpha value is -2.21. The number of hydrogen-bond acceptors (Lipinski definition) is 4. The molecule has 1 aromatic rings. The summed E-state index contributed by atoms with van der Waals surface area (Å²) in [7, 11) is 0. The van der Waals surface area contributed by atoms with Crippen LogP contribution in [0.4, 0.5) is 0 Å². The van der Waals surface area contributed by atoms with Crippen LogP contribution in [0.1, 0.15) is 36.0 Å². The predicted molar refractivity (Wildman–Crippen MR) is 94.0 cm³/mol. The average Bonchev–Trinajstić information content (AvgIpc) is 2.68. The van der Waals surface area contributed by atoms with Gasteiger partial charge in [0.1, 0.15) is 0 Å². The van der Waals surface area contributed by atoms with Gasteiger partial charge in [0.2, 0.25) is 5.91 Å². The highest BCUT2D eigenvalue weighted by Gasteiger charge is 2.23. The fourth-order valence-electron chi connectivity index (χ4n) is 3.27. The van der Waals surface area contributed by atoms with Gasteiger partial charge in [-0.25, -0.2) is 0 Å². The maximum atomic E-state index is 12.4. The number of pyridine rings is 1. The summed E-state index contributed by atoms with van der Waals surface area (Å²) in [5, 5.41) is 3.01. The summed E-state index contributed by atoms with van der Waals surface area (Å²) in [4.78, 5) is 30.3. The second kappa shape index (κ2) is 8.76. The van der Waals surface area contributed by atoms with Crippen molar-refractivity contribution in [2.45, 2.75) is 25.7 Å². The summed E-state index contributed by atoms with van der Waals surface area (Å²) in [5.74, 6) is 0.459. The molecule has 2 aliphatic heterocycles. The van der Waals surface area contributed by atoms with Crippen LogP contribution in [0.25, 0.3) is 0 Å². The number of ether oxygens (including phenoxy) is 1. The molecular weight excluding hydrogens is 318 g/mol. The number of nitrogens with zero attached hydrogens (tertiary/aromatic N) is 2.